The van der Waals surface area contributed by atoms with Crippen molar-refractivity contribution in [3.63, 3.8) is 0 Å². The van der Waals surface area contributed by atoms with Crippen LogP contribution in [0.4, 0.5) is 10.6 Å². The molecule has 0 aromatic carbocycles. The molecular weight excluding hydrogens is 268 g/mol. The van der Waals surface area contributed by atoms with Crippen molar-refractivity contribution in [2.45, 2.75) is 57.1 Å². The number of ether oxygens (including phenoxy) is 1. The highest BCUT2D eigenvalue weighted by atomic mass is 16.5. The quantitative estimate of drug-likeness (QED) is 0.896. The lowest BCUT2D eigenvalue weighted by atomic mass is 9.96. The number of urea groups is 1. The summed E-state index contributed by atoms with van der Waals surface area (Å²) in [4.78, 5) is 12.0. The van der Waals surface area contributed by atoms with E-state index in [9.17, 15) is 4.79 Å². The zero-order valence-corrected chi connectivity index (χ0v) is 12.4. The predicted octanol–water partition coefficient (Wildman–Crippen LogP) is 2.69. The molecule has 116 valence electrons. The average molecular weight is 292 g/mol. The Balaban J connectivity index is 1.52. The van der Waals surface area contributed by atoms with Crippen LogP contribution in [0.25, 0.3) is 0 Å². The van der Waals surface area contributed by atoms with Crippen molar-refractivity contribution in [2.75, 3.05) is 18.5 Å². The normalized spacial score (nSPS) is 23.1. The first-order valence-corrected chi connectivity index (χ1v) is 8.03. The summed E-state index contributed by atoms with van der Waals surface area (Å²) in [6.45, 7) is 1.38. The monoisotopic (exact) mass is 292 g/mol. The van der Waals surface area contributed by atoms with Crippen LogP contribution in [0.2, 0.25) is 0 Å². The fraction of sp³-hybridized carbons (Fsp3) is 0.733. The SMILES string of the molecule is O=C(NC[C@@H]1CCCO1)Nc1ccnn1C1CCCCC1. The molecule has 0 unspecified atom stereocenters. The molecule has 1 saturated carbocycles. The summed E-state index contributed by atoms with van der Waals surface area (Å²) < 4.78 is 7.46. The predicted molar refractivity (Wildman–Crippen MR) is 80.3 cm³/mol. The minimum absolute atomic E-state index is 0.166. The summed E-state index contributed by atoms with van der Waals surface area (Å²) in [6.07, 6.45) is 10.1. The topological polar surface area (TPSA) is 68.2 Å². The van der Waals surface area contributed by atoms with Gasteiger partial charge < -0.3 is 10.1 Å². The molecule has 0 radical (unpaired) electrons. The van der Waals surface area contributed by atoms with Gasteiger partial charge in [0.15, 0.2) is 0 Å². The minimum Gasteiger partial charge on any atom is -0.376 e. The molecule has 1 aromatic rings. The number of rotatable bonds is 4. The van der Waals surface area contributed by atoms with Gasteiger partial charge in [0.2, 0.25) is 0 Å². The largest absolute Gasteiger partial charge is 0.376 e. The number of hydrogen-bond acceptors (Lipinski definition) is 3. The summed E-state index contributed by atoms with van der Waals surface area (Å²) in [5.41, 5.74) is 0. The number of nitrogens with one attached hydrogen (secondary N) is 2. The molecule has 2 N–H and O–H groups in total. The molecule has 6 nitrogen and oxygen atoms in total. The van der Waals surface area contributed by atoms with E-state index >= 15 is 0 Å². The number of nitrogens with zero attached hydrogens (tertiary/aromatic N) is 2. The van der Waals surface area contributed by atoms with Crippen LogP contribution in [-0.4, -0.2) is 35.1 Å². The van der Waals surface area contributed by atoms with E-state index in [-0.39, 0.29) is 12.1 Å². The Kier molecular flexibility index (Phi) is 4.75. The van der Waals surface area contributed by atoms with Gasteiger partial charge in [-0.3, -0.25) is 5.32 Å². The van der Waals surface area contributed by atoms with Gasteiger partial charge in [-0.15, -0.1) is 0 Å². The van der Waals surface area contributed by atoms with Crippen LogP contribution >= 0.6 is 0 Å². The number of amides is 2. The number of carbonyl (C=O) groups is 1. The van der Waals surface area contributed by atoms with Crippen LogP contribution in [0.1, 0.15) is 51.0 Å². The van der Waals surface area contributed by atoms with Gasteiger partial charge in [0.1, 0.15) is 5.82 Å². The number of anilines is 1. The lowest BCUT2D eigenvalue weighted by Crippen LogP contribution is -2.35. The van der Waals surface area contributed by atoms with Gasteiger partial charge in [0.25, 0.3) is 0 Å². The highest BCUT2D eigenvalue weighted by Crippen LogP contribution is 2.29. The van der Waals surface area contributed by atoms with E-state index < -0.39 is 0 Å². The molecule has 2 aliphatic rings. The molecule has 0 bridgehead atoms. The van der Waals surface area contributed by atoms with Crippen molar-refractivity contribution < 1.29 is 9.53 Å². The number of aromatic nitrogens is 2. The first-order chi connectivity index (χ1) is 10.3. The van der Waals surface area contributed by atoms with Crippen molar-refractivity contribution in [2.24, 2.45) is 0 Å². The van der Waals surface area contributed by atoms with Crippen LogP contribution in [-0.2, 0) is 4.74 Å². The van der Waals surface area contributed by atoms with E-state index in [0.717, 1.165) is 38.1 Å². The molecule has 6 heteroatoms. The zero-order chi connectivity index (χ0) is 14.5. The summed E-state index contributed by atoms with van der Waals surface area (Å²) in [5.74, 6) is 0.784. The smallest absolute Gasteiger partial charge is 0.320 e. The lowest BCUT2D eigenvalue weighted by Gasteiger charge is -2.24. The maximum absolute atomic E-state index is 12.0. The average Bonchev–Trinajstić information content (AvgIpc) is 3.17. The third kappa shape index (κ3) is 3.75. The van der Waals surface area contributed by atoms with Gasteiger partial charge in [-0.25, -0.2) is 9.48 Å². The van der Waals surface area contributed by atoms with E-state index in [1.165, 1.54) is 19.3 Å². The fourth-order valence-electron chi connectivity index (χ4n) is 3.20. The molecule has 1 saturated heterocycles. The van der Waals surface area contributed by atoms with Gasteiger partial charge >= 0.3 is 6.03 Å². The second kappa shape index (κ2) is 6.93. The molecule has 2 fully saturated rings. The molecule has 1 aliphatic heterocycles. The Labute approximate surface area is 125 Å². The van der Waals surface area contributed by atoms with E-state index in [1.54, 1.807) is 6.20 Å². The Morgan fingerprint density at radius 3 is 2.90 bits per heavy atom. The number of hydrogen-bond donors (Lipinski definition) is 2. The second-order valence-electron chi connectivity index (χ2n) is 5.92. The summed E-state index contributed by atoms with van der Waals surface area (Å²) in [6, 6.07) is 2.10. The molecule has 2 amide bonds. The first kappa shape index (κ1) is 14.4. The highest BCUT2D eigenvalue weighted by molar-refractivity contribution is 5.88. The van der Waals surface area contributed by atoms with Crippen LogP contribution in [0.5, 0.6) is 0 Å². The maximum atomic E-state index is 12.0. The van der Waals surface area contributed by atoms with Gasteiger partial charge in [0.05, 0.1) is 18.3 Å². The van der Waals surface area contributed by atoms with E-state index in [1.807, 2.05) is 10.7 Å². The number of carbonyl (C=O) groups excluding carboxylic acids is 1. The summed E-state index contributed by atoms with van der Waals surface area (Å²) in [5, 5.41) is 10.2. The van der Waals surface area contributed by atoms with Crippen molar-refractivity contribution in [3.8, 4) is 0 Å². The zero-order valence-electron chi connectivity index (χ0n) is 12.4. The van der Waals surface area contributed by atoms with Crippen molar-refractivity contribution in [3.05, 3.63) is 12.3 Å². The van der Waals surface area contributed by atoms with Crippen LogP contribution < -0.4 is 10.6 Å². The Hall–Kier alpha value is -1.56. The second-order valence-corrected chi connectivity index (χ2v) is 5.92. The summed E-state index contributed by atoms with van der Waals surface area (Å²) >= 11 is 0. The standard InChI is InChI=1S/C15H24N4O2/c20-15(16-11-13-7-4-10-21-13)18-14-8-9-17-19(14)12-5-2-1-3-6-12/h8-9,12-13H,1-7,10-11H2,(H2,16,18,20)/t13-/m0/s1. The minimum atomic E-state index is -0.178. The first-order valence-electron chi connectivity index (χ1n) is 8.03. The molecule has 1 aliphatic carbocycles. The van der Waals surface area contributed by atoms with E-state index in [2.05, 4.69) is 15.7 Å². The van der Waals surface area contributed by atoms with Crippen molar-refractivity contribution >= 4 is 11.8 Å². The van der Waals surface area contributed by atoms with Gasteiger partial charge in [0, 0.05) is 19.2 Å². The van der Waals surface area contributed by atoms with E-state index in [0.29, 0.717) is 12.6 Å². The maximum Gasteiger partial charge on any atom is 0.320 e. The molecule has 1 aromatic heterocycles. The van der Waals surface area contributed by atoms with Gasteiger partial charge in [-0.05, 0) is 25.7 Å². The third-order valence-corrected chi connectivity index (χ3v) is 4.35. The molecule has 3 rings (SSSR count). The molecule has 0 spiro atoms. The Morgan fingerprint density at radius 1 is 1.29 bits per heavy atom. The van der Waals surface area contributed by atoms with Crippen LogP contribution in [0.15, 0.2) is 12.3 Å². The van der Waals surface area contributed by atoms with Crippen molar-refractivity contribution in [1.29, 1.82) is 0 Å². The van der Waals surface area contributed by atoms with Gasteiger partial charge in [-0.2, -0.15) is 5.10 Å². The van der Waals surface area contributed by atoms with Crippen LogP contribution in [0, 0.1) is 0 Å². The molecule has 2 heterocycles. The van der Waals surface area contributed by atoms with E-state index in [4.69, 9.17) is 4.74 Å². The van der Waals surface area contributed by atoms with Gasteiger partial charge in [-0.1, -0.05) is 19.3 Å². The van der Waals surface area contributed by atoms with Crippen LogP contribution in [0.3, 0.4) is 0 Å². The molecular formula is C15H24N4O2. The summed E-state index contributed by atoms with van der Waals surface area (Å²) in [7, 11) is 0. The Bertz CT molecular complexity index is 462. The lowest BCUT2D eigenvalue weighted by molar-refractivity contribution is 0.112. The molecule has 21 heavy (non-hydrogen) atoms. The highest BCUT2D eigenvalue weighted by Gasteiger charge is 2.20. The molecule has 1 atom stereocenters. The Morgan fingerprint density at radius 2 is 2.14 bits per heavy atom. The third-order valence-electron chi connectivity index (χ3n) is 4.35. The fourth-order valence-corrected chi connectivity index (χ4v) is 3.20. The van der Waals surface area contributed by atoms with Crippen molar-refractivity contribution in [1.82, 2.24) is 15.1 Å².